The van der Waals surface area contributed by atoms with Gasteiger partial charge in [-0.15, -0.1) is 0 Å². The Labute approximate surface area is 263 Å². The Hall–Kier alpha value is -5.21. The molecule has 0 aliphatic heterocycles. The molecule has 0 aliphatic rings. The van der Waals surface area contributed by atoms with Gasteiger partial charge in [0.05, 0.1) is 36.5 Å². The molecule has 4 rings (SSSR count). The van der Waals surface area contributed by atoms with Crippen molar-refractivity contribution in [3.05, 3.63) is 119 Å². The zero-order valence-electron chi connectivity index (χ0n) is 23.8. The van der Waals surface area contributed by atoms with Crippen LogP contribution in [0.1, 0.15) is 22.3 Å². The summed E-state index contributed by atoms with van der Waals surface area (Å²) in [4.78, 5) is 27.1. The second kappa shape index (κ2) is 18.5. The number of rotatable bonds is 8. The first-order valence-corrected chi connectivity index (χ1v) is 19.2. The van der Waals surface area contributed by atoms with Crippen LogP contribution in [-0.4, -0.2) is 68.2 Å². The van der Waals surface area contributed by atoms with Gasteiger partial charge in [-0.25, -0.2) is 0 Å². The third-order valence-electron chi connectivity index (χ3n) is 5.13. The van der Waals surface area contributed by atoms with Crippen molar-refractivity contribution in [3.63, 3.8) is 0 Å². The molecule has 234 valence electrons. The standard InChI is InChI=1S/2C14H13N3O3.4O.U/c2*1-20-12-4-2-3-11(13(12)18)9-16-17-14(19)10-5-7-15-8-6-10;;;;;/h2*2-9H,1H3,(H2,15,16,17,18,19);;;;;/q;;;;2*-1;/p+2. The van der Waals surface area contributed by atoms with E-state index >= 15 is 0 Å². The summed E-state index contributed by atoms with van der Waals surface area (Å²) in [6.45, 7) is 0. The Morgan fingerprint density at radius 2 is 1.07 bits per heavy atom. The van der Waals surface area contributed by atoms with Crippen LogP contribution in [0.5, 0.6) is 23.0 Å². The first-order valence-electron chi connectivity index (χ1n) is 12.4. The first-order chi connectivity index (χ1) is 21.4. The second-order valence-electron chi connectivity index (χ2n) is 8.16. The van der Waals surface area contributed by atoms with Crippen LogP contribution in [-0.2, 0) is 4.47 Å². The number of hydrogen-bond donors (Lipinski definition) is 0. The number of pyridine rings is 2. The van der Waals surface area contributed by atoms with E-state index in [1.54, 1.807) is 85.5 Å². The van der Waals surface area contributed by atoms with Crippen LogP contribution in [0.3, 0.4) is 0 Å². The number of methoxy groups -OCH3 is 2. The molecule has 0 atom stereocenters. The van der Waals surface area contributed by atoms with Gasteiger partial charge in [0.2, 0.25) is 11.5 Å². The van der Waals surface area contributed by atoms with Gasteiger partial charge in [-0.2, -0.15) is 0 Å². The molecule has 0 saturated heterocycles. The van der Waals surface area contributed by atoms with Crippen molar-refractivity contribution >= 4 is 24.2 Å². The SMILES string of the molecule is COc1cccc(C=N[N-]C(=[OH+])c2ccncc2)c1[OH2+].COc1cccc(C=N[N-]C(=[OH+])c2ccncc2)c1[OH2+].[O]=[U](=[O])([O-])[O-]. The molecule has 2 amide bonds. The van der Waals surface area contributed by atoms with Gasteiger partial charge in [0.1, 0.15) is 0 Å². The molecular formula is C28H28N6O10U. The van der Waals surface area contributed by atoms with Gasteiger partial charge in [0.15, 0.2) is 0 Å². The molecule has 0 saturated carbocycles. The molecule has 4 aromatic rings. The Morgan fingerprint density at radius 3 is 1.38 bits per heavy atom. The van der Waals surface area contributed by atoms with E-state index in [9.17, 15) is 9.59 Å². The molecule has 0 bridgehead atoms. The summed E-state index contributed by atoms with van der Waals surface area (Å²) in [5.41, 5.74) is 9.50. The molecule has 0 fully saturated rings. The molecule has 0 radical (unpaired) electrons. The molecule has 6 N–H and O–H groups in total. The van der Waals surface area contributed by atoms with Gasteiger partial charge in [0.25, 0.3) is 11.8 Å². The number of ether oxygens (including phenoxy) is 2. The fourth-order valence-corrected chi connectivity index (χ4v) is 3.06. The van der Waals surface area contributed by atoms with Gasteiger partial charge < -0.3 is 40.7 Å². The van der Waals surface area contributed by atoms with Crippen molar-refractivity contribution in [1.29, 1.82) is 0 Å². The Kier molecular flexibility index (Phi) is 14.8. The number of benzene rings is 2. The minimum absolute atomic E-state index is 0.210. The number of aromatic nitrogens is 2. The molecule has 0 aliphatic carbocycles. The molecule has 2 aromatic carbocycles. The first kappa shape index (κ1) is 36.0. The number of para-hydroxylation sites is 2. The number of amides is 2. The predicted octanol–water partition coefficient (Wildman–Crippen LogP) is 0.957. The summed E-state index contributed by atoms with van der Waals surface area (Å²) in [5.74, 6) is 0.929. The zero-order valence-corrected chi connectivity index (χ0v) is 27.9. The van der Waals surface area contributed by atoms with E-state index in [0.717, 1.165) is 0 Å². The Morgan fingerprint density at radius 1 is 0.733 bits per heavy atom. The zero-order chi connectivity index (χ0) is 33.2. The summed E-state index contributed by atoms with van der Waals surface area (Å²) >= 11 is -6.34. The van der Waals surface area contributed by atoms with Crippen LogP contribution in [0.15, 0.2) is 95.7 Å². The third-order valence-corrected chi connectivity index (χ3v) is 5.13. The minimum atomic E-state index is -6.34. The van der Waals surface area contributed by atoms with Crippen molar-refractivity contribution in [3.8, 4) is 23.0 Å². The van der Waals surface area contributed by atoms with Crippen LogP contribution in [0.4, 0.5) is 0 Å². The maximum atomic E-state index is 9.71. The Balaban J connectivity index is 0.000000273. The number of hydrogen-bond acceptors (Lipinski definition) is 10. The monoisotopic (exact) mass is 846 g/mol. The normalized spacial score (nSPS) is 10.6. The summed E-state index contributed by atoms with van der Waals surface area (Å²) < 4.78 is 44.8. The summed E-state index contributed by atoms with van der Waals surface area (Å²) in [6, 6.07) is 16.8. The molecule has 0 unspecified atom stereocenters. The van der Waals surface area contributed by atoms with E-state index in [1.165, 1.54) is 26.6 Å². The van der Waals surface area contributed by atoms with E-state index in [4.69, 9.17) is 29.4 Å². The fraction of sp³-hybridized carbons (Fsp3) is 0.0714. The summed E-state index contributed by atoms with van der Waals surface area (Å²) in [6.07, 6.45) is 8.98. The van der Waals surface area contributed by atoms with E-state index in [1.807, 2.05) is 0 Å². The van der Waals surface area contributed by atoms with Crippen molar-refractivity contribution in [2.45, 2.75) is 0 Å². The van der Waals surface area contributed by atoms with E-state index in [0.29, 0.717) is 33.8 Å². The van der Waals surface area contributed by atoms with Crippen LogP contribution < -0.4 is 14.7 Å². The number of nitrogens with zero attached hydrogens (tertiary/aromatic N) is 6. The molecule has 2 heterocycles. The van der Waals surface area contributed by atoms with Crippen molar-refractivity contribution in [1.82, 2.24) is 9.97 Å². The van der Waals surface area contributed by atoms with E-state index < -0.39 is 25.4 Å². The van der Waals surface area contributed by atoms with Crippen molar-refractivity contribution in [2.75, 3.05) is 14.2 Å². The van der Waals surface area contributed by atoms with Crippen molar-refractivity contribution in [2.24, 2.45) is 10.2 Å². The fourth-order valence-electron chi connectivity index (χ4n) is 3.06. The summed E-state index contributed by atoms with van der Waals surface area (Å²) in [5, 5.41) is 23.3. The average Bonchev–Trinajstić information content (AvgIpc) is 3.03. The van der Waals surface area contributed by atoms with Gasteiger partial charge in [-0.3, -0.25) is 19.6 Å². The molecule has 0 spiro atoms. The second-order valence-corrected chi connectivity index (χ2v) is 12.3. The summed E-state index contributed by atoms with van der Waals surface area (Å²) in [7, 11) is 3.00. The Bertz CT molecular complexity index is 1600. The molecule has 16 nitrogen and oxygen atoms in total. The van der Waals surface area contributed by atoms with Crippen LogP contribution >= 0.6 is 0 Å². The predicted molar refractivity (Wildman–Crippen MR) is 156 cm³/mol. The van der Waals surface area contributed by atoms with E-state index in [-0.39, 0.29) is 23.3 Å². The van der Waals surface area contributed by atoms with Crippen molar-refractivity contribution < 1.29 is 64.4 Å². The van der Waals surface area contributed by atoms with Gasteiger partial charge in [-0.05, 0) is 48.5 Å². The van der Waals surface area contributed by atoms with Gasteiger partial charge >= 0.3 is 46.6 Å². The van der Waals surface area contributed by atoms with Crippen LogP contribution in [0.2, 0.25) is 0 Å². The number of carbonyl (C=O) groups excluding carboxylic acids is 2. The van der Waals surface area contributed by atoms with Gasteiger partial charge in [-0.1, -0.05) is 12.1 Å². The maximum absolute atomic E-state index is 9.71. The molecular weight excluding hydrogens is 818 g/mol. The molecule has 2 aromatic heterocycles. The van der Waals surface area contributed by atoms with Crippen LogP contribution in [0.25, 0.3) is 10.9 Å². The third kappa shape index (κ3) is 13.3. The molecule has 45 heavy (non-hydrogen) atoms. The van der Waals surface area contributed by atoms with Gasteiger partial charge in [0, 0.05) is 37.2 Å². The average molecular weight is 847 g/mol. The van der Waals surface area contributed by atoms with Crippen LogP contribution in [0, 0.1) is 25.4 Å². The topological polar surface area (TPSA) is 266 Å². The van der Waals surface area contributed by atoms with E-state index in [2.05, 4.69) is 31.0 Å². The molecule has 17 heteroatoms. The quantitative estimate of drug-likeness (QED) is 0.140.